The average Bonchev–Trinajstić information content (AvgIpc) is 2.79. The number of amides is 1. The first-order valence-corrected chi connectivity index (χ1v) is 8.39. The number of anilines is 1. The van der Waals surface area contributed by atoms with Gasteiger partial charge in [0.15, 0.2) is 0 Å². The Morgan fingerprint density at radius 3 is 2.52 bits per heavy atom. The summed E-state index contributed by atoms with van der Waals surface area (Å²) in [4.78, 5) is 12.6. The smallest absolute Gasteiger partial charge is 0.235 e. The van der Waals surface area contributed by atoms with Gasteiger partial charge in [0.1, 0.15) is 5.82 Å². The van der Waals surface area contributed by atoms with Crippen LogP contribution in [0.15, 0.2) is 36.4 Å². The molecule has 2 nitrogen and oxygen atoms in total. The van der Waals surface area contributed by atoms with Crippen molar-refractivity contribution in [2.24, 2.45) is 0 Å². The number of nitrogens with one attached hydrogen (secondary N) is 1. The summed E-state index contributed by atoms with van der Waals surface area (Å²) < 4.78 is 13.6. The van der Waals surface area contributed by atoms with Gasteiger partial charge in [-0.05, 0) is 59.9 Å². The van der Waals surface area contributed by atoms with Crippen molar-refractivity contribution in [3.05, 3.63) is 52.8 Å². The summed E-state index contributed by atoms with van der Waals surface area (Å²) in [6.45, 7) is 0. The largest absolute Gasteiger partial charge is 0.325 e. The maximum Gasteiger partial charge on any atom is 0.235 e. The Balaban J connectivity index is 1.83. The lowest BCUT2D eigenvalue weighted by molar-refractivity contribution is -0.121. The second kappa shape index (κ2) is 5.34. The molecule has 0 atom stereocenters. The Hall–Kier alpha value is -1.87. The molecule has 0 unspecified atom stereocenters. The minimum atomic E-state index is -0.402. The summed E-state index contributed by atoms with van der Waals surface area (Å²) in [5, 5.41) is 3.40. The fourth-order valence-electron chi connectivity index (χ4n) is 3.97. The molecule has 1 saturated carbocycles. The fourth-order valence-corrected chi connectivity index (χ4v) is 4.19. The quantitative estimate of drug-likeness (QED) is 0.755. The van der Waals surface area contributed by atoms with E-state index < -0.39 is 5.41 Å². The van der Waals surface area contributed by atoms with Gasteiger partial charge in [-0.2, -0.15) is 0 Å². The number of benzene rings is 2. The Morgan fingerprint density at radius 2 is 1.78 bits per heavy atom. The molecule has 4 rings (SSSR count). The van der Waals surface area contributed by atoms with E-state index in [1.165, 1.54) is 18.6 Å². The van der Waals surface area contributed by atoms with Gasteiger partial charge in [0, 0.05) is 10.7 Å². The molecule has 23 heavy (non-hydrogen) atoms. The SMILES string of the molecule is O=C1Nc2ccc(-c3cc(F)cc(Cl)c3)cc2C12CCCCC2. The van der Waals surface area contributed by atoms with Crippen LogP contribution in [0, 0.1) is 5.82 Å². The molecule has 1 aliphatic carbocycles. The van der Waals surface area contributed by atoms with E-state index in [4.69, 9.17) is 11.6 Å². The van der Waals surface area contributed by atoms with E-state index >= 15 is 0 Å². The predicted octanol–water partition coefficient (Wildman–Crippen LogP) is 5.30. The first-order valence-electron chi connectivity index (χ1n) is 8.01. The normalized spacial score (nSPS) is 18.8. The number of hydrogen-bond acceptors (Lipinski definition) is 1. The van der Waals surface area contributed by atoms with Crippen LogP contribution in [-0.2, 0) is 10.2 Å². The van der Waals surface area contributed by atoms with Crippen LogP contribution < -0.4 is 5.32 Å². The van der Waals surface area contributed by atoms with Gasteiger partial charge in [0.2, 0.25) is 5.91 Å². The molecule has 0 aromatic heterocycles. The van der Waals surface area contributed by atoms with Crippen molar-refractivity contribution in [1.82, 2.24) is 0 Å². The van der Waals surface area contributed by atoms with Gasteiger partial charge in [-0.3, -0.25) is 4.79 Å². The minimum Gasteiger partial charge on any atom is -0.325 e. The van der Waals surface area contributed by atoms with Crippen LogP contribution in [0.25, 0.3) is 11.1 Å². The molecule has 118 valence electrons. The van der Waals surface area contributed by atoms with Gasteiger partial charge in [-0.15, -0.1) is 0 Å². The van der Waals surface area contributed by atoms with Gasteiger partial charge in [-0.1, -0.05) is 36.9 Å². The minimum absolute atomic E-state index is 0.113. The number of carbonyl (C=O) groups is 1. The van der Waals surface area contributed by atoms with E-state index in [1.54, 1.807) is 6.07 Å². The van der Waals surface area contributed by atoms with Crippen molar-refractivity contribution in [2.45, 2.75) is 37.5 Å². The number of hydrogen-bond donors (Lipinski definition) is 1. The number of rotatable bonds is 1. The van der Waals surface area contributed by atoms with Crippen LogP contribution >= 0.6 is 11.6 Å². The molecule has 2 aromatic rings. The summed E-state index contributed by atoms with van der Waals surface area (Å²) in [7, 11) is 0. The Kier molecular flexibility index (Phi) is 3.42. The lowest BCUT2D eigenvalue weighted by Crippen LogP contribution is -2.36. The van der Waals surface area contributed by atoms with Crippen LogP contribution in [0.2, 0.25) is 5.02 Å². The second-order valence-electron chi connectivity index (χ2n) is 6.52. The standard InChI is InChI=1S/C19H17ClFNO/c20-14-8-13(9-15(21)11-14)12-4-5-17-16(10-12)19(18(23)22-17)6-2-1-3-7-19/h4-5,8-11H,1-3,6-7H2,(H,22,23). The van der Waals surface area contributed by atoms with Gasteiger partial charge >= 0.3 is 0 Å². The highest BCUT2D eigenvalue weighted by Gasteiger charge is 2.47. The highest BCUT2D eigenvalue weighted by molar-refractivity contribution is 6.30. The lowest BCUT2D eigenvalue weighted by Gasteiger charge is -2.31. The molecule has 2 aromatic carbocycles. The summed E-state index contributed by atoms with van der Waals surface area (Å²) in [5.74, 6) is -0.240. The van der Waals surface area contributed by atoms with Crippen molar-refractivity contribution < 1.29 is 9.18 Å². The molecule has 4 heteroatoms. The average molecular weight is 330 g/mol. The zero-order valence-electron chi connectivity index (χ0n) is 12.7. The van der Waals surface area contributed by atoms with Crippen molar-refractivity contribution in [3.63, 3.8) is 0 Å². The topological polar surface area (TPSA) is 29.1 Å². The third kappa shape index (κ3) is 2.34. The number of carbonyl (C=O) groups excluding carboxylic acids is 1. The molecule has 1 amide bonds. The molecule has 2 aliphatic rings. The first-order chi connectivity index (χ1) is 11.1. The highest BCUT2D eigenvalue weighted by atomic mass is 35.5. The predicted molar refractivity (Wildman–Crippen MR) is 90.2 cm³/mol. The molecule has 1 heterocycles. The maximum atomic E-state index is 13.6. The van der Waals surface area contributed by atoms with E-state index in [2.05, 4.69) is 5.32 Å². The molecule has 1 N–H and O–H groups in total. The van der Waals surface area contributed by atoms with Crippen molar-refractivity contribution >= 4 is 23.2 Å². The van der Waals surface area contributed by atoms with E-state index in [1.807, 2.05) is 18.2 Å². The number of halogens is 2. The van der Waals surface area contributed by atoms with Gasteiger partial charge in [-0.25, -0.2) is 4.39 Å². The van der Waals surface area contributed by atoms with E-state index in [0.717, 1.165) is 48.1 Å². The molecular formula is C19H17ClFNO. The van der Waals surface area contributed by atoms with Crippen molar-refractivity contribution in [1.29, 1.82) is 0 Å². The van der Waals surface area contributed by atoms with Crippen molar-refractivity contribution in [2.75, 3.05) is 5.32 Å². The Labute approximate surface area is 139 Å². The van der Waals surface area contributed by atoms with Crippen LogP contribution in [0.1, 0.15) is 37.7 Å². The second-order valence-corrected chi connectivity index (χ2v) is 6.95. The molecule has 0 radical (unpaired) electrons. The summed E-state index contributed by atoms with van der Waals surface area (Å²) in [5.41, 5.74) is 3.18. The van der Waals surface area contributed by atoms with E-state index in [0.29, 0.717) is 5.02 Å². The molecule has 1 fully saturated rings. The number of fused-ring (bicyclic) bond motifs is 2. The molecule has 1 spiro atoms. The lowest BCUT2D eigenvalue weighted by atomic mass is 9.70. The van der Waals surface area contributed by atoms with Crippen LogP contribution in [0.5, 0.6) is 0 Å². The van der Waals surface area contributed by atoms with Crippen molar-refractivity contribution in [3.8, 4) is 11.1 Å². The van der Waals surface area contributed by atoms with Crippen LogP contribution in [0.3, 0.4) is 0 Å². The molecular weight excluding hydrogens is 313 g/mol. The van der Waals surface area contributed by atoms with E-state index in [9.17, 15) is 9.18 Å². The fraction of sp³-hybridized carbons (Fsp3) is 0.316. The maximum absolute atomic E-state index is 13.6. The van der Waals surface area contributed by atoms with Crippen LogP contribution in [0.4, 0.5) is 10.1 Å². The molecule has 0 bridgehead atoms. The summed E-state index contributed by atoms with van der Waals surface area (Å²) in [6.07, 6.45) is 5.10. The van der Waals surface area contributed by atoms with E-state index in [-0.39, 0.29) is 11.7 Å². The monoisotopic (exact) mass is 329 g/mol. The summed E-state index contributed by atoms with van der Waals surface area (Å²) in [6, 6.07) is 10.4. The van der Waals surface area contributed by atoms with Gasteiger partial charge < -0.3 is 5.32 Å². The zero-order valence-corrected chi connectivity index (χ0v) is 13.4. The van der Waals surface area contributed by atoms with Gasteiger partial charge in [0.25, 0.3) is 0 Å². The Bertz CT molecular complexity index is 776. The highest BCUT2D eigenvalue weighted by Crippen LogP contribution is 2.48. The Morgan fingerprint density at radius 1 is 1.00 bits per heavy atom. The third-order valence-electron chi connectivity index (χ3n) is 5.12. The summed E-state index contributed by atoms with van der Waals surface area (Å²) >= 11 is 5.98. The zero-order chi connectivity index (χ0) is 16.0. The van der Waals surface area contributed by atoms with Crippen LogP contribution in [-0.4, -0.2) is 5.91 Å². The third-order valence-corrected chi connectivity index (χ3v) is 5.34. The molecule has 0 saturated heterocycles. The first kappa shape index (κ1) is 14.7. The van der Waals surface area contributed by atoms with Gasteiger partial charge in [0.05, 0.1) is 5.41 Å². The molecule has 1 aliphatic heterocycles.